The second-order valence-electron chi connectivity index (χ2n) is 8.89. The number of carbonyl (C=O) groups excluding carboxylic acids is 2. The van der Waals surface area contributed by atoms with Gasteiger partial charge < -0.3 is 10.2 Å². The number of halogens is 3. The Kier molecular flexibility index (Phi) is 9.27. The van der Waals surface area contributed by atoms with E-state index < -0.39 is 40.0 Å². The lowest BCUT2D eigenvalue weighted by Crippen LogP contribution is -2.54. The molecule has 0 aliphatic carbocycles. The molecule has 0 aliphatic heterocycles. The summed E-state index contributed by atoms with van der Waals surface area (Å²) in [6.07, 6.45) is 0.992. The van der Waals surface area contributed by atoms with Crippen molar-refractivity contribution in [1.82, 2.24) is 10.2 Å². The van der Waals surface area contributed by atoms with Crippen LogP contribution in [0.15, 0.2) is 42.5 Å². The van der Waals surface area contributed by atoms with Gasteiger partial charge in [0.05, 0.1) is 11.9 Å². The lowest BCUT2D eigenvalue weighted by atomic mass is 10.1. The first kappa shape index (κ1) is 28.2. The van der Waals surface area contributed by atoms with E-state index in [0.717, 1.165) is 10.6 Å². The highest BCUT2D eigenvalue weighted by atomic mass is 35.5. The maximum atomic E-state index is 13.5. The lowest BCUT2D eigenvalue weighted by molar-refractivity contribution is -0.140. The predicted octanol–water partition coefficient (Wildman–Crippen LogP) is 4.74. The summed E-state index contributed by atoms with van der Waals surface area (Å²) in [6, 6.07) is 10.1. The maximum absolute atomic E-state index is 13.5. The molecule has 0 spiro atoms. The fourth-order valence-electron chi connectivity index (χ4n) is 3.16. The van der Waals surface area contributed by atoms with Crippen LogP contribution in [0.2, 0.25) is 15.1 Å². The SMILES string of the molecule is C[C@@H](C(=O)NC(C)(C)C)N(Cc1c(Cl)cccc1Cl)C(=O)CN(c1cccc(Cl)c1)S(C)(=O)=O. The quantitative estimate of drug-likeness (QED) is 0.516. The Hall–Kier alpha value is -2.00. The van der Waals surface area contributed by atoms with E-state index in [1.807, 2.05) is 20.8 Å². The molecule has 34 heavy (non-hydrogen) atoms. The van der Waals surface area contributed by atoms with Gasteiger partial charge in [-0.15, -0.1) is 0 Å². The summed E-state index contributed by atoms with van der Waals surface area (Å²) >= 11 is 18.7. The number of sulfonamides is 1. The fraction of sp³-hybridized carbons (Fsp3) is 0.391. The zero-order valence-electron chi connectivity index (χ0n) is 19.6. The van der Waals surface area contributed by atoms with Gasteiger partial charge in [0.2, 0.25) is 21.8 Å². The minimum absolute atomic E-state index is 0.0940. The van der Waals surface area contributed by atoms with E-state index in [9.17, 15) is 18.0 Å². The van der Waals surface area contributed by atoms with E-state index >= 15 is 0 Å². The van der Waals surface area contributed by atoms with Crippen molar-refractivity contribution in [2.75, 3.05) is 17.1 Å². The summed E-state index contributed by atoms with van der Waals surface area (Å²) < 4.78 is 26.0. The van der Waals surface area contributed by atoms with Gasteiger partial charge in [-0.05, 0) is 58.0 Å². The average Bonchev–Trinajstić information content (AvgIpc) is 2.69. The molecule has 2 amide bonds. The zero-order valence-corrected chi connectivity index (χ0v) is 22.7. The minimum Gasteiger partial charge on any atom is -0.350 e. The summed E-state index contributed by atoms with van der Waals surface area (Å²) in [5.41, 5.74) is 0.135. The van der Waals surface area contributed by atoms with Crippen LogP contribution in [-0.4, -0.2) is 49.5 Å². The van der Waals surface area contributed by atoms with E-state index in [1.54, 1.807) is 37.3 Å². The number of nitrogens with one attached hydrogen (secondary N) is 1. The molecular formula is C23H28Cl3N3O4S. The molecular weight excluding hydrogens is 521 g/mol. The molecule has 0 saturated carbocycles. The summed E-state index contributed by atoms with van der Waals surface area (Å²) in [5.74, 6) is -1.02. The minimum atomic E-state index is -3.85. The van der Waals surface area contributed by atoms with Crippen molar-refractivity contribution in [1.29, 1.82) is 0 Å². The first-order chi connectivity index (χ1) is 15.6. The van der Waals surface area contributed by atoms with Crippen LogP contribution in [0.25, 0.3) is 0 Å². The van der Waals surface area contributed by atoms with E-state index in [0.29, 0.717) is 20.6 Å². The second-order valence-corrected chi connectivity index (χ2v) is 12.0. The second kappa shape index (κ2) is 11.2. The fourth-order valence-corrected chi connectivity index (χ4v) is 4.70. The van der Waals surface area contributed by atoms with Crippen molar-refractivity contribution in [3.05, 3.63) is 63.1 Å². The molecule has 0 aliphatic rings. The summed E-state index contributed by atoms with van der Waals surface area (Å²) in [4.78, 5) is 27.7. The van der Waals surface area contributed by atoms with Crippen LogP contribution in [-0.2, 0) is 26.2 Å². The summed E-state index contributed by atoms with van der Waals surface area (Å²) in [6.45, 7) is 6.38. The largest absolute Gasteiger partial charge is 0.350 e. The van der Waals surface area contributed by atoms with Crippen LogP contribution < -0.4 is 9.62 Å². The smallest absolute Gasteiger partial charge is 0.244 e. The number of amides is 2. The molecule has 11 heteroatoms. The van der Waals surface area contributed by atoms with Gasteiger partial charge in [0.25, 0.3) is 0 Å². The number of nitrogens with zero attached hydrogens (tertiary/aromatic N) is 2. The monoisotopic (exact) mass is 547 g/mol. The van der Waals surface area contributed by atoms with Crippen molar-refractivity contribution in [2.24, 2.45) is 0 Å². The molecule has 2 rings (SSSR count). The molecule has 0 fully saturated rings. The third-order valence-electron chi connectivity index (χ3n) is 4.83. The normalized spacial score (nSPS) is 12.7. The molecule has 0 saturated heterocycles. The molecule has 0 unspecified atom stereocenters. The van der Waals surface area contributed by atoms with E-state index in [1.165, 1.54) is 17.0 Å². The highest BCUT2D eigenvalue weighted by Crippen LogP contribution is 2.27. The van der Waals surface area contributed by atoms with Gasteiger partial charge in [0, 0.05) is 32.7 Å². The topological polar surface area (TPSA) is 86.8 Å². The Labute approximate surface area is 216 Å². The Morgan fingerprint density at radius 2 is 1.59 bits per heavy atom. The average molecular weight is 549 g/mol. The van der Waals surface area contributed by atoms with Crippen LogP contribution >= 0.6 is 34.8 Å². The molecule has 0 bridgehead atoms. The van der Waals surface area contributed by atoms with Gasteiger partial charge in [0.15, 0.2) is 0 Å². The number of anilines is 1. The molecule has 2 aromatic rings. The molecule has 186 valence electrons. The predicted molar refractivity (Wildman–Crippen MR) is 138 cm³/mol. The van der Waals surface area contributed by atoms with Crippen LogP contribution in [0.3, 0.4) is 0 Å². The van der Waals surface area contributed by atoms with E-state index in [4.69, 9.17) is 34.8 Å². The number of benzene rings is 2. The van der Waals surface area contributed by atoms with Crippen molar-refractivity contribution in [2.45, 2.75) is 45.8 Å². The van der Waals surface area contributed by atoms with E-state index in [-0.39, 0.29) is 12.2 Å². The number of rotatable bonds is 8. The standard InChI is InChI=1S/C23H28Cl3N3O4S/c1-15(22(31)27-23(2,3)4)28(13-18-19(25)10-7-11-20(18)26)21(30)14-29(34(5,32)33)17-9-6-8-16(24)12-17/h6-12,15H,13-14H2,1-5H3,(H,27,31)/t15-/m0/s1. The van der Waals surface area contributed by atoms with Gasteiger partial charge in [-0.1, -0.05) is 46.9 Å². The van der Waals surface area contributed by atoms with Crippen molar-refractivity contribution >= 4 is 62.3 Å². The van der Waals surface area contributed by atoms with Gasteiger partial charge in [-0.3, -0.25) is 13.9 Å². The first-order valence-electron chi connectivity index (χ1n) is 10.4. The zero-order chi connectivity index (χ0) is 25.8. The Morgan fingerprint density at radius 3 is 2.09 bits per heavy atom. The number of hydrogen-bond acceptors (Lipinski definition) is 4. The van der Waals surface area contributed by atoms with Crippen molar-refractivity contribution < 1.29 is 18.0 Å². The summed E-state index contributed by atoms with van der Waals surface area (Å²) in [7, 11) is -3.85. The molecule has 7 nitrogen and oxygen atoms in total. The third-order valence-corrected chi connectivity index (χ3v) is 6.91. The molecule has 0 radical (unpaired) electrons. The maximum Gasteiger partial charge on any atom is 0.244 e. The Morgan fingerprint density at radius 1 is 1.03 bits per heavy atom. The molecule has 2 aromatic carbocycles. The van der Waals surface area contributed by atoms with Crippen molar-refractivity contribution in [3.8, 4) is 0 Å². The molecule has 0 aromatic heterocycles. The van der Waals surface area contributed by atoms with Gasteiger partial charge in [0.1, 0.15) is 12.6 Å². The Bertz CT molecular complexity index is 1150. The number of carbonyl (C=O) groups is 2. The summed E-state index contributed by atoms with van der Waals surface area (Å²) in [5, 5.41) is 3.81. The van der Waals surface area contributed by atoms with Crippen LogP contribution in [0.4, 0.5) is 5.69 Å². The third kappa shape index (κ3) is 7.77. The van der Waals surface area contributed by atoms with Crippen molar-refractivity contribution in [3.63, 3.8) is 0 Å². The highest BCUT2D eigenvalue weighted by molar-refractivity contribution is 7.92. The molecule has 1 atom stereocenters. The van der Waals surface area contributed by atoms with Gasteiger partial charge >= 0.3 is 0 Å². The first-order valence-corrected chi connectivity index (χ1v) is 13.4. The van der Waals surface area contributed by atoms with Crippen LogP contribution in [0.5, 0.6) is 0 Å². The van der Waals surface area contributed by atoms with Gasteiger partial charge in [-0.25, -0.2) is 8.42 Å². The molecule has 0 heterocycles. The lowest BCUT2D eigenvalue weighted by Gasteiger charge is -2.33. The number of hydrogen-bond donors (Lipinski definition) is 1. The van der Waals surface area contributed by atoms with Crippen LogP contribution in [0.1, 0.15) is 33.3 Å². The molecule has 1 N–H and O–H groups in total. The van der Waals surface area contributed by atoms with Gasteiger partial charge in [-0.2, -0.15) is 0 Å². The van der Waals surface area contributed by atoms with Crippen LogP contribution in [0, 0.1) is 0 Å². The highest BCUT2D eigenvalue weighted by Gasteiger charge is 2.32. The Balaban J connectivity index is 2.47. The van der Waals surface area contributed by atoms with E-state index in [2.05, 4.69) is 5.32 Å².